The first kappa shape index (κ1) is 14.3. The molecule has 0 radical (unpaired) electrons. The number of carbonyl (C=O) groups is 1. The first-order valence-corrected chi connectivity index (χ1v) is 6.12. The molecule has 0 atom stereocenters. The summed E-state index contributed by atoms with van der Waals surface area (Å²) in [4.78, 5) is 17.7. The molecule has 0 aliphatic rings. The lowest BCUT2D eigenvalue weighted by atomic mass is 10.1. The fourth-order valence-electron chi connectivity index (χ4n) is 1.86. The number of aromatic nitrogens is 1. The Kier molecular flexibility index (Phi) is 4.53. The first-order valence-electron chi connectivity index (χ1n) is 6.12. The predicted molar refractivity (Wildman–Crippen MR) is 71.3 cm³/mol. The van der Waals surface area contributed by atoms with Gasteiger partial charge in [-0.2, -0.15) is 0 Å². The van der Waals surface area contributed by atoms with E-state index in [1.807, 2.05) is 12.1 Å². The molecule has 0 saturated heterocycles. The van der Waals surface area contributed by atoms with E-state index in [2.05, 4.69) is 4.98 Å². The van der Waals surface area contributed by atoms with Gasteiger partial charge in [0, 0.05) is 24.5 Å². The number of benzene rings is 1. The third-order valence-corrected chi connectivity index (χ3v) is 2.86. The molecule has 2 rings (SSSR count). The van der Waals surface area contributed by atoms with Crippen LogP contribution in [-0.4, -0.2) is 29.3 Å². The molecule has 1 aromatic heterocycles. The van der Waals surface area contributed by atoms with Gasteiger partial charge >= 0.3 is 0 Å². The van der Waals surface area contributed by atoms with E-state index in [1.54, 1.807) is 24.3 Å². The second-order valence-corrected chi connectivity index (χ2v) is 4.58. The lowest BCUT2D eigenvalue weighted by Crippen LogP contribution is -2.25. The smallest absolute Gasteiger partial charge is 0.176 e. The van der Waals surface area contributed by atoms with Crippen molar-refractivity contribution < 1.29 is 13.6 Å². The molecule has 1 aromatic carbocycles. The Morgan fingerprint density at radius 1 is 1.15 bits per heavy atom. The minimum absolute atomic E-state index is 0.132. The van der Waals surface area contributed by atoms with Gasteiger partial charge in [-0.15, -0.1) is 0 Å². The highest BCUT2D eigenvalue weighted by Crippen LogP contribution is 2.10. The lowest BCUT2D eigenvalue weighted by Gasteiger charge is -2.15. The molecule has 0 saturated carbocycles. The van der Waals surface area contributed by atoms with Crippen LogP contribution in [0.4, 0.5) is 8.78 Å². The van der Waals surface area contributed by atoms with Crippen LogP contribution in [0.3, 0.4) is 0 Å². The van der Waals surface area contributed by atoms with E-state index in [4.69, 9.17) is 0 Å². The van der Waals surface area contributed by atoms with Gasteiger partial charge in [0.15, 0.2) is 17.4 Å². The second-order valence-electron chi connectivity index (χ2n) is 4.58. The summed E-state index contributed by atoms with van der Waals surface area (Å²) in [6, 6.07) is 6.90. The normalized spacial score (nSPS) is 10.8. The fraction of sp³-hybridized carbons (Fsp3) is 0.200. The quantitative estimate of drug-likeness (QED) is 0.787. The van der Waals surface area contributed by atoms with Crippen LogP contribution < -0.4 is 0 Å². The van der Waals surface area contributed by atoms with E-state index < -0.39 is 11.6 Å². The molecule has 20 heavy (non-hydrogen) atoms. The van der Waals surface area contributed by atoms with Gasteiger partial charge in [0.25, 0.3) is 0 Å². The van der Waals surface area contributed by atoms with Crippen molar-refractivity contribution in [2.24, 2.45) is 0 Å². The summed E-state index contributed by atoms with van der Waals surface area (Å²) in [6.07, 6.45) is 3.36. The Balaban J connectivity index is 1.98. The Hall–Kier alpha value is -2.14. The molecule has 0 aliphatic carbocycles. The maximum atomic E-state index is 13.1. The topological polar surface area (TPSA) is 33.2 Å². The Labute approximate surface area is 115 Å². The zero-order valence-corrected chi connectivity index (χ0v) is 11.0. The number of likely N-dealkylation sites (N-methyl/N-ethyl adjacent to an activating group) is 1. The van der Waals surface area contributed by atoms with Crippen LogP contribution >= 0.6 is 0 Å². The van der Waals surface area contributed by atoms with Crippen molar-refractivity contribution in [1.29, 1.82) is 0 Å². The van der Waals surface area contributed by atoms with Crippen molar-refractivity contribution in [2.75, 3.05) is 13.6 Å². The standard InChI is InChI=1S/C15H14F2N2O/c1-19(9-11-4-6-18-7-5-11)10-15(20)12-2-3-13(16)14(17)8-12/h2-8H,9-10H2,1H3. The molecule has 2 aromatic rings. The molecule has 0 amide bonds. The zero-order valence-electron chi connectivity index (χ0n) is 11.0. The van der Waals surface area contributed by atoms with Crippen LogP contribution in [-0.2, 0) is 6.54 Å². The van der Waals surface area contributed by atoms with Gasteiger partial charge < -0.3 is 0 Å². The van der Waals surface area contributed by atoms with Crippen molar-refractivity contribution in [3.8, 4) is 0 Å². The molecule has 0 bridgehead atoms. The third kappa shape index (κ3) is 3.68. The van der Waals surface area contributed by atoms with Crippen molar-refractivity contribution in [2.45, 2.75) is 6.54 Å². The van der Waals surface area contributed by atoms with Crippen LogP contribution in [0.5, 0.6) is 0 Å². The molecule has 0 N–H and O–H groups in total. The van der Waals surface area contributed by atoms with E-state index in [0.29, 0.717) is 6.54 Å². The number of halogens is 2. The zero-order chi connectivity index (χ0) is 14.5. The van der Waals surface area contributed by atoms with Gasteiger partial charge in [-0.1, -0.05) is 0 Å². The number of ketones is 1. The maximum Gasteiger partial charge on any atom is 0.176 e. The Bertz CT molecular complexity index is 602. The predicted octanol–water partition coefficient (Wildman–Crippen LogP) is 2.67. The van der Waals surface area contributed by atoms with Crippen LogP contribution in [0, 0.1) is 11.6 Å². The summed E-state index contributed by atoms with van der Waals surface area (Å²) < 4.78 is 25.9. The minimum Gasteiger partial charge on any atom is -0.295 e. The molecule has 0 unspecified atom stereocenters. The van der Waals surface area contributed by atoms with Gasteiger partial charge in [-0.3, -0.25) is 14.7 Å². The highest BCUT2D eigenvalue weighted by molar-refractivity contribution is 5.97. The molecule has 5 heteroatoms. The highest BCUT2D eigenvalue weighted by atomic mass is 19.2. The van der Waals surface area contributed by atoms with Gasteiger partial charge in [0.1, 0.15) is 0 Å². The molecular formula is C15H14F2N2O. The summed E-state index contributed by atoms with van der Waals surface area (Å²) in [6.45, 7) is 0.714. The van der Waals surface area contributed by atoms with Gasteiger partial charge in [-0.25, -0.2) is 8.78 Å². The maximum absolute atomic E-state index is 13.1. The van der Waals surface area contributed by atoms with Crippen LogP contribution in [0.25, 0.3) is 0 Å². The highest BCUT2D eigenvalue weighted by Gasteiger charge is 2.12. The van der Waals surface area contributed by atoms with Crippen molar-refractivity contribution in [1.82, 2.24) is 9.88 Å². The monoisotopic (exact) mass is 276 g/mol. The van der Waals surface area contributed by atoms with E-state index >= 15 is 0 Å². The van der Waals surface area contributed by atoms with Crippen molar-refractivity contribution >= 4 is 5.78 Å². The number of pyridine rings is 1. The average Bonchev–Trinajstić information content (AvgIpc) is 2.42. The van der Waals surface area contributed by atoms with Crippen LogP contribution in [0.1, 0.15) is 15.9 Å². The third-order valence-electron chi connectivity index (χ3n) is 2.86. The van der Waals surface area contributed by atoms with Crippen molar-refractivity contribution in [3.63, 3.8) is 0 Å². The van der Waals surface area contributed by atoms with Gasteiger partial charge in [-0.05, 0) is 42.9 Å². The number of rotatable bonds is 5. The minimum atomic E-state index is -1.01. The van der Waals surface area contributed by atoms with E-state index in [9.17, 15) is 13.6 Å². The summed E-state index contributed by atoms with van der Waals surface area (Å²) in [7, 11) is 1.79. The lowest BCUT2D eigenvalue weighted by molar-refractivity contribution is 0.0942. The SMILES string of the molecule is CN(CC(=O)c1ccc(F)c(F)c1)Cc1ccncc1. The fourth-order valence-corrected chi connectivity index (χ4v) is 1.86. The van der Waals surface area contributed by atoms with E-state index in [0.717, 1.165) is 17.7 Å². The van der Waals surface area contributed by atoms with Gasteiger partial charge in [0.05, 0.1) is 6.54 Å². The number of nitrogens with zero attached hydrogens (tertiary/aromatic N) is 2. The molecule has 3 nitrogen and oxygen atoms in total. The first-order chi connectivity index (χ1) is 9.56. The van der Waals surface area contributed by atoms with E-state index in [1.165, 1.54) is 6.07 Å². The van der Waals surface area contributed by atoms with Crippen molar-refractivity contribution in [3.05, 3.63) is 65.5 Å². The summed E-state index contributed by atoms with van der Waals surface area (Å²) in [5, 5.41) is 0. The number of Topliss-reactive ketones (excluding diaryl/α,β-unsaturated/α-hetero) is 1. The molecular weight excluding hydrogens is 262 g/mol. The Morgan fingerprint density at radius 2 is 1.85 bits per heavy atom. The molecule has 104 valence electrons. The molecule has 0 aliphatic heterocycles. The number of hydrogen-bond acceptors (Lipinski definition) is 3. The summed E-state index contributed by atoms with van der Waals surface area (Å²) in [5.74, 6) is -2.21. The molecule has 0 fully saturated rings. The van der Waals surface area contributed by atoms with E-state index in [-0.39, 0.29) is 17.9 Å². The number of carbonyl (C=O) groups excluding carboxylic acids is 1. The average molecular weight is 276 g/mol. The van der Waals surface area contributed by atoms with Crippen LogP contribution in [0.15, 0.2) is 42.7 Å². The van der Waals surface area contributed by atoms with Gasteiger partial charge in [0.2, 0.25) is 0 Å². The summed E-state index contributed by atoms with van der Waals surface area (Å²) in [5.41, 5.74) is 1.20. The Morgan fingerprint density at radius 3 is 2.50 bits per heavy atom. The summed E-state index contributed by atoms with van der Waals surface area (Å²) >= 11 is 0. The number of hydrogen-bond donors (Lipinski definition) is 0. The van der Waals surface area contributed by atoms with Crippen LogP contribution in [0.2, 0.25) is 0 Å². The largest absolute Gasteiger partial charge is 0.295 e. The second kappa shape index (κ2) is 6.34. The molecule has 1 heterocycles. The molecule has 0 spiro atoms.